The van der Waals surface area contributed by atoms with Crippen LogP contribution in [0.5, 0.6) is 0 Å². The molecule has 1 amide bonds. The number of thioether (sulfide) groups is 1. The van der Waals surface area contributed by atoms with Gasteiger partial charge in [0.15, 0.2) is 0 Å². The molecule has 0 aromatic carbocycles. The summed E-state index contributed by atoms with van der Waals surface area (Å²) in [6.07, 6.45) is 1.58. The third-order valence-electron chi connectivity index (χ3n) is 3.72. The minimum Gasteiger partial charge on any atom is -0.368 e. The molecule has 0 spiro atoms. The molecular formula is C12H22N2O2S. The van der Waals surface area contributed by atoms with Crippen molar-refractivity contribution in [2.75, 3.05) is 39.0 Å². The molecule has 5 heteroatoms. The SMILES string of the molecule is COC1(C(=O)N2CCSC(C)C2)CCNCC1. The number of hydrogen-bond donors (Lipinski definition) is 1. The van der Waals surface area contributed by atoms with E-state index in [1.165, 1.54) is 0 Å². The van der Waals surface area contributed by atoms with Gasteiger partial charge in [-0.1, -0.05) is 6.92 Å². The second-order valence-electron chi connectivity index (χ2n) is 4.88. The zero-order valence-corrected chi connectivity index (χ0v) is 11.5. The van der Waals surface area contributed by atoms with Crippen LogP contribution in [0.4, 0.5) is 0 Å². The molecule has 2 saturated heterocycles. The van der Waals surface area contributed by atoms with Crippen LogP contribution >= 0.6 is 11.8 Å². The lowest BCUT2D eigenvalue weighted by molar-refractivity contribution is -0.158. The van der Waals surface area contributed by atoms with E-state index in [0.29, 0.717) is 5.25 Å². The Hall–Kier alpha value is -0.260. The van der Waals surface area contributed by atoms with Gasteiger partial charge in [-0.2, -0.15) is 11.8 Å². The molecule has 0 aliphatic carbocycles. The summed E-state index contributed by atoms with van der Waals surface area (Å²) in [6, 6.07) is 0. The van der Waals surface area contributed by atoms with Crippen LogP contribution in [-0.2, 0) is 9.53 Å². The lowest BCUT2D eigenvalue weighted by Crippen LogP contribution is -2.57. The number of rotatable bonds is 2. The Balaban J connectivity index is 2.05. The normalized spacial score (nSPS) is 29.1. The number of hydrogen-bond acceptors (Lipinski definition) is 4. The molecular weight excluding hydrogens is 236 g/mol. The average molecular weight is 258 g/mol. The lowest BCUT2D eigenvalue weighted by atomic mass is 9.90. The molecule has 1 N–H and O–H groups in total. The van der Waals surface area contributed by atoms with Crippen LogP contribution in [0.3, 0.4) is 0 Å². The van der Waals surface area contributed by atoms with Crippen molar-refractivity contribution in [3.8, 4) is 0 Å². The highest BCUT2D eigenvalue weighted by Crippen LogP contribution is 2.27. The molecule has 2 aliphatic heterocycles. The highest BCUT2D eigenvalue weighted by Gasteiger charge is 2.43. The molecule has 17 heavy (non-hydrogen) atoms. The number of piperidine rings is 1. The van der Waals surface area contributed by atoms with Gasteiger partial charge >= 0.3 is 0 Å². The van der Waals surface area contributed by atoms with Crippen LogP contribution in [0.2, 0.25) is 0 Å². The maximum absolute atomic E-state index is 12.6. The van der Waals surface area contributed by atoms with Crippen molar-refractivity contribution >= 4 is 17.7 Å². The van der Waals surface area contributed by atoms with E-state index in [2.05, 4.69) is 12.2 Å². The standard InChI is InChI=1S/C12H22N2O2S/c1-10-9-14(7-8-17-10)11(15)12(16-2)3-5-13-6-4-12/h10,13H,3-9H2,1-2H3. The van der Waals surface area contributed by atoms with E-state index >= 15 is 0 Å². The van der Waals surface area contributed by atoms with Crippen molar-refractivity contribution in [3.05, 3.63) is 0 Å². The quantitative estimate of drug-likeness (QED) is 0.792. The Morgan fingerprint density at radius 2 is 2.18 bits per heavy atom. The topological polar surface area (TPSA) is 41.6 Å². The van der Waals surface area contributed by atoms with Gasteiger partial charge < -0.3 is 15.0 Å². The number of carbonyl (C=O) groups excluding carboxylic acids is 1. The number of ether oxygens (including phenoxy) is 1. The van der Waals surface area contributed by atoms with Crippen LogP contribution in [0, 0.1) is 0 Å². The molecule has 2 rings (SSSR count). The maximum Gasteiger partial charge on any atom is 0.254 e. The summed E-state index contributed by atoms with van der Waals surface area (Å²) in [5.41, 5.74) is -0.563. The van der Waals surface area contributed by atoms with Crippen molar-refractivity contribution in [3.63, 3.8) is 0 Å². The summed E-state index contributed by atoms with van der Waals surface area (Å²) in [5.74, 6) is 1.25. The lowest BCUT2D eigenvalue weighted by Gasteiger charge is -2.41. The fraction of sp³-hybridized carbons (Fsp3) is 0.917. The van der Waals surface area contributed by atoms with E-state index in [1.54, 1.807) is 7.11 Å². The molecule has 0 radical (unpaired) electrons. The van der Waals surface area contributed by atoms with E-state index in [4.69, 9.17) is 4.74 Å². The Morgan fingerprint density at radius 3 is 2.76 bits per heavy atom. The fourth-order valence-electron chi connectivity index (χ4n) is 2.63. The second-order valence-corrected chi connectivity index (χ2v) is 6.43. The van der Waals surface area contributed by atoms with Gasteiger partial charge in [0.1, 0.15) is 5.60 Å². The molecule has 98 valence electrons. The van der Waals surface area contributed by atoms with Crippen molar-refractivity contribution in [1.29, 1.82) is 0 Å². The summed E-state index contributed by atoms with van der Waals surface area (Å²) in [4.78, 5) is 14.6. The van der Waals surface area contributed by atoms with Crippen LogP contribution in [0.1, 0.15) is 19.8 Å². The Bertz CT molecular complexity index is 280. The highest BCUT2D eigenvalue weighted by atomic mass is 32.2. The third-order valence-corrected chi connectivity index (χ3v) is 4.86. The van der Waals surface area contributed by atoms with Gasteiger partial charge in [0.25, 0.3) is 5.91 Å². The highest BCUT2D eigenvalue weighted by molar-refractivity contribution is 7.99. The Morgan fingerprint density at radius 1 is 1.47 bits per heavy atom. The van der Waals surface area contributed by atoms with Gasteiger partial charge in [0.05, 0.1) is 0 Å². The minimum atomic E-state index is -0.563. The summed E-state index contributed by atoms with van der Waals surface area (Å²) in [6.45, 7) is 5.66. The largest absolute Gasteiger partial charge is 0.368 e. The average Bonchev–Trinajstić information content (AvgIpc) is 2.38. The smallest absolute Gasteiger partial charge is 0.254 e. The Kier molecular flexibility index (Phi) is 4.33. The molecule has 2 aliphatic rings. The first-order chi connectivity index (χ1) is 8.18. The van der Waals surface area contributed by atoms with Gasteiger partial charge in [0, 0.05) is 31.2 Å². The third kappa shape index (κ3) is 2.77. The molecule has 0 bridgehead atoms. The van der Waals surface area contributed by atoms with Crippen LogP contribution in [0.25, 0.3) is 0 Å². The van der Waals surface area contributed by atoms with Gasteiger partial charge in [-0.25, -0.2) is 0 Å². The van der Waals surface area contributed by atoms with Crippen molar-refractivity contribution in [1.82, 2.24) is 10.2 Å². The van der Waals surface area contributed by atoms with E-state index in [1.807, 2.05) is 16.7 Å². The number of nitrogens with one attached hydrogen (secondary N) is 1. The van der Waals surface area contributed by atoms with E-state index < -0.39 is 5.60 Å². The van der Waals surface area contributed by atoms with Crippen LogP contribution < -0.4 is 5.32 Å². The van der Waals surface area contributed by atoms with Crippen molar-refractivity contribution in [2.24, 2.45) is 0 Å². The van der Waals surface area contributed by atoms with Gasteiger partial charge in [-0.3, -0.25) is 4.79 Å². The van der Waals surface area contributed by atoms with E-state index in [0.717, 1.165) is 44.8 Å². The van der Waals surface area contributed by atoms with Gasteiger partial charge in [0.2, 0.25) is 0 Å². The molecule has 0 aromatic heterocycles. The molecule has 2 heterocycles. The zero-order valence-electron chi connectivity index (χ0n) is 10.7. The maximum atomic E-state index is 12.6. The monoisotopic (exact) mass is 258 g/mol. The number of carbonyl (C=O) groups is 1. The number of methoxy groups -OCH3 is 1. The van der Waals surface area contributed by atoms with Gasteiger partial charge in [-0.15, -0.1) is 0 Å². The first-order valence-corrected chi connectivity index (χ1v) is 7.40. The number of nitrogens with zero attached hydrogens (tertiary/aromatic N) is 1. The summed E-state index contributed by atoms with van der Waals surface area (Å²) >= 11 is 1.95. The second kappa shape index (κ2) is 5.59. The molecule has 4 nitrogen and oxygen atoms in total. The minimum absolute atomic E-state index is 0.202. The number of amides is 1. The van der Waals surface area contributed by atoms with E-state index in [9.17, 15) is 4.79 Å². The van der Waals surface area contributed by atoms with Crippen molar-refractivity contribution in [2.45, 2.75) is 30.6 Å². The molecule has 0 aromatic rings. The van der Waals surface area contributed by atoms with E-state index in [-0.39, 0.29) is 5.91 Å². The molecule has 1 atom stereocenters. The van der Waals surface area contributed by atoms with Crippen LogP contribution in [-0.4, -0.2) is 60.7 Å². The summed E-state index contributed by atoms with van der Waals surface area (Å²) in [7, 11) is 1.67. The van der Waals surface area contributed by atoms with Crippen molar-refractivity contribution < 1.29 is 9.53 Å². The predicted molar refractivity (Wildman–Crippen MR) is 70.3 cm³/mol. The first-order valence-electron chi connectivity index (χ1n) is 6.35. The Labute approximate surface area is 107 Å². The first kappa shape index (κ1) is 13.2. The predicted octanol–water partition coefficient (Wildman–Crippen LogP) is 0.719. The molecule has 2 fully saturated rings. The summed E-state index contributed by atoms with van der Waals surface area (Å²) in [5, 5.41) is 3.83. The summed E-state index contributed by atoms with van der Waals surface area (Å²) < 4.78 is 5.59. The zero-order chi connectivity index (χ0) is 12.3. The fourth-order valence-corrected chi connectivity index (χ4v) is 3.64. The van der Waals surface area contributed by atoms with Gasteiger partial charge in [-0.05, 0) is 25.9 Å². The molecule has 1 unspecified atom stereocenters. The van der Waals surface area contributed by atoms with Crippen LogP contribution in [0.15, 0.2) is 0 Å². The molecule has 0 saturated carbocycles.